The van der Waals surface area contributed by atoms with Gasteiger partial charge in [-0.25, -0.2) is 0 Å². The Morgan fingerprint density at radius 1 is 1.36 bits per heavy atom. The van der Waals surface area contributed by atoms with Crippen LogP contribution in [0.4, 0.5) is 5.69 Å². The predicted octanol–water partition coefficient (Wildman–Crippen LogP) is 0.946. The van der Waals surface area contributed by atoms with Crippen LogP contribution < -0.4 is 10.2 Å². The Hall–Kier alpha value is -2.37. The van der Waals surface area contributed by atoms with E-state index in [1.807, 2.05) is 32.0 Å². The van der Waals surface area contributed by atoms with E-state index in [2.05, 4.69) is 5.32 Å². The number of hydrogen-bond acceptors (Lipinski definition) is 4. The summed E-state index contributed by atoms with van der Waals surface area (Å²) in [5.41, 5.74) is 2.94. The van der Waals surface area contributed by atoms with Crippen LogP contribution in [0.15, 0.2) is 18.2 Å². The van der Waals surface area contributed by atoms with Crippen LogP contribution in [0.1, 0.15) is 17.5 Å². The number of carbonyl (C=O) groups excluding carboxylic acids is 3. The maximum absolute atomic E-state index is 12.2. The maximum atomic E-state index is 12.2. The molecular weight excluding hydrogens is 284 g/mol. The van der Waals surface area contributed by atoms with E-state index in [4.69, 9.17) is 4.74 Å². The summed E-state index contributed by atoms with van der Waals surface area (Å²) >= 11 is 0. The van der Waals surface area contributed by atoms with Gasteiger partial charge in [-0.15, -0.1) is 0 Å². The molecule has 1 N–H and O–H groups in total. The molecule has 0 aliphatic carbocycles. The molecule has 6 nitrogen and oxygen atoms in total. The molecule has 2 rings (SSSR count). The number of aryl methyl sites for hydroxylation is 1. The van der Waals surface area contributed by atoms with Gasteiger partial charge in [-0.05, 0) is 31.0 Å². The lowest BCUT2D eigenvalue weighted by Crippen LogP contribution is -2.29. The molecule has 1 heterocycles. The fraction of sp³-hybridized carbons (Fsp3) is 0.438. The Balaban J connectivity index is 2.06. The van der Waals surface area contributed by atoms with Gasteiger partial charge in [0, 0.05) is 25.7 Å². The van der Waals surface area contributed by atoms with Crippen LogP contribution in [0.25, 0.3) is 0 Å². The summed E-state index contributed by atoms with van der Waals surface area (Å²) in [4.78, 5) is 36.9. The summed E-state index contributed by atoms with van der Waals surface area (Å²) in [6, 6.07) is 5.75. The number of esters is 1. The van der Waals surface area contributed by atoms with Crippen molar-refractivity contribution < 1.29 is 19.1 Å². The number of rotatable bonds is 4. The molecule has 1 saturated heterocycles. The monoisotopic (exact) mass is 304 g/mol. The Morgan fingerprint density at radius 3 is 2.77 bits per heavy atom. The van der Waals surface area contributed by atoms with Crippen LogP contribution in [0.3, 0.4) is 0 Å². The molecule has 0 saturated carbocycles. The van der Waals surface area contributed by atoms with Gasteiger partial charge >= 0.3 is 5.97 Å². The first kappa shape index (κ1) is 16.0. The number of amides is 2. The highest BCUT2D eigenvalue weighted by Gasteiger charge is 2.36. The van der Waals surface area contributed by atoms with Crippen molar-refractivity contribution in [3.05, 3.63) is 29.3 Å². The topological polar surface area (TPSA) is 75.7 Å². The summed E-state index contributed by atoms with van der Waals surface area (Å²) in [6.07, 6.45) is 0.111. The SMILES string of the molecule is CNC(=O)COC(=O)[C@H]1CC(=O)N(c2cccc(C)c2C)C1. The lowest BCUT2D eigenvalue weighted by molar-refractivity contribution is -0.152. The second-order valence-electron chi connectivity index (χ2n) is 5.41. The first-order valence-electron chi connectivity index (χ1n) is 7.17. The highest BCUT2D eigenvalue weighted by Crippen LogP contribution is 2.29. The second-order valence-corrected chi connectivity index (χ2v) is 5.41. The Bertz CT molecular complexity index is 612. The normalized spacial score (nSPS) is 17.5. The van der Waals surface area contributed by atoms with Crippen molar-refractivity contribution in [2.75, 3.05) is 25.1 Å². The van der Waals surface area contributed by atoms with Gasteiger partial charge in [-0.3, -0.25) is 14.4 Å². The fourth-order valence-corrected chi connectivity index (χ4v) is 2.45. The second kappa shape index (κ2) is 6.60. The largest absolute Gasteiger partial charge is 0.455 e. The molecule has 2 amide bonds. The molecule has 6 heteroatoms. The number of benzene rings is 1. The van der Waals surface area contributed by atoms with E-state index >= 15 is 0 Å². The first-order valence-corrected chi connectivity index (χ1v) is 7.17. The van der Waals surface area contributed by atoms with E-state index in [-0.39, 0.29) is 31.4 Å². The van der Waals surface area contributed by atoms with Crippen LogP contribution in [0.5, 0.6) is 0 Å². The fourth-order valence-electron chi connectivity index (χ4n) is 2.45. The molecule has 1 aliphatic heterocycles. The molecule has 0 radical (unpaired) electrons. The molecule has 1 aromatic carbocycles. The van der Waals surface area contributed by atoms with Gasteiger partial charge in [-0.1, -0.05) is 12.1 Å². The Labute approximate surface area is 129 Å². The first-order chi connectivity index (χ1) is 10.4. The lowest BCUT2D eigenvalue weighted by atomic mass is 10.1. The van der Waals surface area contributed by atoms with E-state index in [1.165, 1.54) is 7.05 Å². The smallest absolute Gasteiger partial charge is 0.311 e. The van der Waals surface area contributed by atoms with Gasteiger partial charge in [0.1, 0.15) is 0 Å². The summed E-state index contributed by atoms with van der Waals surface area (Å²) in [7, 11) is 1.47. The van der Waals surface area contributed by atoms with Crippen molar-refractivity contribution in [1.82, 2.24) is 5.32 Å². The highest BCUT2D eigenvalue weighted by molar-refractivity contribution is 6.00. The van der Waals surface area contributed by atoms with Crippen LogP contribution in [0, 0.1) is 19.8 Å². The molecule has 0 spiro atoms. The number of nitrogens with zero attached hydrogens (tertiary/aromatic N) is 1. The van der Waals surface area contributed by atoms with Gasteiger partial charge in [0.25, 0.3) is 5.91 Å². The average molecular weight is 304 g/mol. The number of likely N-dealkylation sites (N-methyl/N-ethyl adjacent to an activating group) is 1. The molecule has 1 fully saturated rings. The molecule has 22 heavy (non-hydrogen) atoms. The molecular formula is C16H20N2O4. The molecule has 1 atom stereocenters. The number of nitrogens with one attached hydrogen (secondary N) is 1. The zero-order chi connectivity index (χ0) is 16.3. The van der Waals surface area contributed by atoms with Crippen molar-refractivity contribution >= 4 is 23.5 Å². The van der Waals surface area contributed by atoms with Crippen molar-refractivity contribution in [2.45, 2.75) is 20.3 Å². The minimum absolute atomic E-state index is 0.101. The van der Waals surface area contributed by atoms with Gasteiger partial charge in [0.15, 0.2) is 6.61 Å². The maximum Gasteiger partial charge on any atom is 0.311 e. The van der Waals surface area contributed by atoms with Gasteiger partial charge in [0.2, 0.25) is 5.91 Å². The van der Waals surface area contributed by atoms with E-state index in [9.17, 15) is 14.4 Å². The van der Waals surface area contributed by atoms with Gasteiger partial charge in [0.05, 0.1) is 5.92 Å². The number of anilines is 1. The quantitative estimate of drug-likeness (QED) is 0.840. The lowest BCUT2D eigenvalue weighted by Gasteiger charge is -2.20. The van der Waals surface area contributed by atoms with Crippen LogP contribution in [-0.2, 0) is 19.1 Å². The van der Waals surface area contributed by atoms with Crippen molar-refractivity contribution in [3.8, 4) is 0 Å². The molecule has 1 aliphatic rings. The molecule has 118 valence electrons. The third-order valence-electron chi connectivity index (χ3n) is 3.95. The summed E-state index contributed by atoms with van der Waals surface area (Å²) < 4.78 is 4.94. The molecule has 0 bridgehead atoms. The molecule has 1 aromatic rings. The zero-order valence-corrected chi connectivity index (χ0v) is 13.0. The number of hydrogen-bond donors (Lipinski definition) is 1. The summed E-state index contributed by atoms with van der Waals surface area (Å²) in [5.74, 6) is -1.51. The average Bonchev–Trinajstić information content (AvgIpc) is 2.89. The predicted molar refractivity (Wildman–Crippen MR) is 81.4 cm³/mol. The standard InChI is InChI=1S/C16H20N2O4/c1-10-5-4-6-13(11(10)2)18-8-12(7-15(18)20)16(21)22-9-14(19)17-3/h4-6,12H,7-9H2,1-3H3,(H,17,19)/t12-/m0/s1. The van der Waals surface area contributed by atoms with E-state index in [0.29, 0.717) is 0 Å². The van der Waals surface area contributed by atoms with E-state index < -0.39 is 11.9 Å². The number of ether oxygens (including phenoxy) is 1. The van der Waals surface area contributed by atoms with Gasteiger partial charge in [-0.2, -0.15) is 0 Å². The minimum atomic E-state index is -0.530. The number of carbonyl (C=O) groups is 3. The third kappa shape index (κ3) is 3.27. The summed E-state index contributed by atoms with van der Waals surface area (Å²) in [6.45, 7) is 3.91. The van der Waals surface area contributed by atoms with Crippen LogP contribution in [0.2, 0.25) is 0 Å². The molecule has 0 aromatic heterocycles. The van der Waals surface area contributed by atoms with Crippen molar-refractivity contribution in [3.63, 3.8) is 0 Å². The third-order valence-corrected chi connectivity index (χ3v) is 3.95. The zero-order valence-electron chi connectivity index (χ0n) is 13.0. The van der Waals surface area contributed by atoms with Crippen LogP contribution >= 0.6 is 0 Å². The van der Waals surface area contributed by atoms with Crippen molar-refractivity contribution in [2.24, 2.45) is 5.92 Å². The van der Waals surface area contributed by atoms with Crippen molar-refractivity contribution in [1.29, 1.82) is 0 Å². The molecule has 0 unspecified atom stereocenters. The van der Waals surface area contributed by atoms with Crippen LogP contribution in [-0.4, -0.2) is 38.0 Å². The summed E-state index contributed by atoms with van der Waals surface area (Å²) in [5, 5.41) is 2.37. The minimum Gasteiger partial charge on any atom is -0.455 e. The Morgan fingerprint density at radius 2 is 2.09 bits per heavy atom. The Kier molecular flexibility index (Phi) is 4.80. The van der Waals surface area contributed by atoms with E-state index in [0.717, 1.165) is 16.8 Å². The van der Waals surface area contributed by atoms with E-state index in [1.54, 1.807) is 4.90 Å². The van der Waals surface area contributed by atoms with Gasteiger partial charge < -0.3 is 15.0 Å². The highest BCUT2D eigenvalue weighted by atomic mass is 16.5.